The molecular formula is C14H11BrN2. The first-order chi connectivity index (χ1) is 8.20. The number of benzene rings is 2. The third-order valence-electron chi connectivity index (χ3n) is 2.52. The summed E-state index contributed by atoms with van der Waals surface area (Å²) < 4.78 is 1.01. The van der Waals surface area contributed by atoms with Crippen molar-refractivity contribution in [3.63, 3.8) is 0 Å². The molecule has 0 atom stereocenters. The third-order valence-corrected chi connectivity index (χ3v) is 3.01. The second-order valence-electron chi connectivity index (χ2n) is 3.74. The Morgan fingerprint density at radius 1 is 1.12 bits per heavy atom. The van der Waals surface area contributed by atoms with E-state index in [1.807, 2.05) is 43.3 Å². The topological polar surface area (TPSA) is 35.8 Å². The summed E-state index contributed by atoms with van der Waals surface area (Å²) in [6.07, 6.45) is 0. The summed E-state index contributed by atoms with van der Waals surface area (Å²) in [5.74, 6) is 0. The molecule has 1 N–H and O–H groups in total. The minimum atomic E-state index is 0.645. The van der Waals surface area contributed by atoms with E-state index < -0.39 is 0 Å². The molecule has 0 fully saturated rings. The monoisotopic (exact) mass is 286 g/mol. The molecule has 0 saturated heterocycles. The highest BCUT2D eigenvalue weighted by Crippen LogP contribution is 2.25. The number of nitriles is 1. The van der Waals surface area contributed by atoms with Crippen molar-refractivity contribution >= 4 is 27.3 Å². The summed E-state index contributed by atoms with van der Waals surface area (Å²) in [5, 5.41) is 12.3. The average molecular weight is 287 g/mol. The van der Waals surface area contributed by atoms with E-state index in [9.17, 15) is 0 Å². The molecule has 0 aliphatic carbocycles. The molecule has 0 amide bonds. The summed E-state index contributed by atoms with van der Waals surface area (Å²) in [7, 11) is 0. The van der Waals surface area contributed by atoms with Crippen molar-refractivity contribution in [3.05, 3.63) is 58.1 Å². The molecule has 17 heavy (non-hydrogen) atoms. The Kier molecular flexibility index (Phi) is 3.46. The molecule has 84 valence electrons. The van der Waals surface area contributed by atoms with Crippen LogP contribution in [0.3, 0.4) is 0 Å². The van der Waals surface area contributed by atoms with Gasteiger partial charge in [-0.1, -0.05) is 34.1 Å². The van der Waals surface area contributed by atoms with Crippen LogP contribution in [0.15, 0.2) is 46.9 Å². The molecule has 2 aromatic rings. The second-order valence-corrected chi connectivity index (χ2v) is 4.66. The fourth-order valence-corrected chi connectivity index (χ4v) is 1.92. The third kappa shape index (κ3) is 2.66. The summed E-state index contributed by atoms with van der Waals surface area (Å²) in [4.78, 5) is 0. The summed E-state index contributed by atoms with van der Waals surface area (Å²) in [6, 6.07) is 15.7. The van der Waals surface area contributed by atoms with Crippen molar-refractivity contribution in [1.82, 2.24) is 0 Å². The first-order valence-corrected chi connectivity index (χ1v) is 6.02. The van der Waals surface area contributed by atoms with Crippen LogP contribution < -0.4 is 5.32 Å². The molecule has 2 aromatic carbocycles. The van der Waals surface area contributed by atoms with Crippen LogP contribution in [0, 0.1) is 18.3 Å². The van der Waals surface area contributed by atoms with E-state index in [4.69, 9.17) is 5.26 Å². The Bertz CT molecular complexity index is 585. The SMILES string of the molecule is Cc1ccc(Br)cc1Nc1ccccc1C#N. The number of aryl methyl sites for hydroxylation is 1. The zero-order valence-electron chi connectivity index (χ0n) is 9.37. The van der Waals surface area contributed by atoms with Gasteiger partial charge in [-0.25, -0.2) is 0 Å². The highest BCUT2D eigenvalue weighted by Gasteiger charge is 2.03. The van der Waals surface area contributed by atoms with Crippen LogP contribution in [-0.4, -0.2) is 0 Å². The average Bonchev–Trinajstić information content (AvgIpc) is 2.34. The van der Waals surface area contributed by atoms with E-state index in [1.54, 1.807) is 6.07 Å². The van der Waals surface area contributed by atoms with Crippen molar-refractivity contribution in [2.75, 3.05) is 5.32 Å². The molecule has 0 aliphatic heterocycles. The lowest BCUT2D eigenvalue weighted by molar-refractivity contribution is 1.40. The predicted octanol–water partition coefficient (Wildman–Crippen LogP) is 4.37. The van der Waals surface area contributed by atoms with E-state index in [0.29, 0.717) is 5.56 Å². The zero-order valence-corrected chi connectivity index (χ0v) is 11.0. The van der Waals surface area contributed by atoms with Gasteiger partial charge in [0.2, 0.25) is 0 Å². The number of anilines is 2. The lowest BCUT2D eigenvalue weighted by Gasteiger charge is -2.11. The van der Waals surface area contributed by atoms with Crippen molar-refractivity contribution in [1.29, 1.82) is 5.26 Å². The van der Waals surface area contributed by atoms with Gasteiger partial charge in [-0.05, 0) is 36.8 Å². The van der Waals surface area contributed by atoms with E-state index in [-0.39, 0.29) is 0 Å². The highest BCUT2D eigenvalue weighted by molar-refractivity contribution is 9.10. The van der Waals surface area contributed by atoms with E-state index in [1.165, 1.54) is 0 Å². The highest BCUT2D eigenvalue weighted by atomic mass is 79.9. The van der Waals surface area contributed by atoms with Crippen LogP contribution in [0.2, 0.25) is 0 Å². The minimum Gasteiger partial charge on any atom is -0.354 e. The van der Waals surface area contributed by atoms with Crippen LogP contribution >= 0.6 is 15.9 Å². The number of nitrogens with zero attached hydrogens (tertiary/aromatic N) is 1. The molecule has 0 spiro atoms. The molecule has 3 heteroatoms. The molecule has 0 saturated carbocycles. The fourth-order valence-electron chi connectivity index (χ4n) is 1.56. The summed E-state index contributed by atoms with van der Waals surface area (Å²) in [5.41, 5.74) is 3.62. The molecule has 0 bridgehead atoms. The van der Waals surface area contributed by atoms with E-state index in [2.05, 4.69) is 27.3 Å². The minimum absolute atomic E-state index is 0.645. The maximum atomic E-state index is 9.02. The number of para-hydroxylation sites is 1. The standard InChI is InChI=1S/C14H11BrN2/c1-10-6-7-12(15)8-14(10)17-13-5-3-2-4-11(13)9-16/h2-8,17H,1H3. The molecule has 2 rings (SSSR count). The van der Waals surface area contributed by atoms with Gasteiger partial charge < -0.3 is 5.32 Å². The Balaban J connectivity index is 2.38. The van der Waals surface area contributed by atoms with Crippen LogP contribution in [0.1, 0.15) is 11.1 Å². The predicted molar refractivity (Wildman–Crippen MR) is 73.3 cm³/mol. The maximum Gasteiger partial charge on any atom is 0.101 e. The summed E-state index contributed by atoms with van der Waals surface area (Å²) >= 11 is 3.44. The number of rotatable bonds is 2. The maximum absolute atomic E-state index is 9.02. The van der Waals surface area contributed by atoms with Gasteiger partial charge in [0, 0.05) is 10.2 Å². The van der Waals surface area contributed by atoms with Crippen LogP contribution in [0.25, 0.3) is 0 Å². The van der Waals surface area contributed by atoms with Crippen LogP contribution in [0.5, 0.6) is 0 Å². The van der Waals surface area contributed by atoms with Crippen molar-refractivity contribution in [2.24, 2.45) is 0 Å². The lowest BCUT2D eigenvalue weighted by Crippen LogP contribution is -1.95. The molecule has 0 radical (unpaired) electrons. The Labute approximate surface area is 109 Å². The molecule has 0 aromatic heterocycles. The van der Waals surface area contributed by atoms with Crippen molar-refractivity contribution < 1.29 is 0 Å². The van der Waals surface area contributed by atoms with Gasteiger partial charge in [-0.2, -0.15) is 5.26 Å². The number of hydrogen-bond donors (Lipinski definition) is 1. The number of halogens is 1. The van der Waals surface area contributed by atoms with Crippen LogP contribution in [0.4, 0.5) is 11.4 Å². The Morgan fingerprint density at radius 3 is 2.65 bits per heavy atom. The summed E-state index contributed by atoms with van der Waals surface area (Å²) in [6.45, 7) is 2.03. The Morgan fingerprint density at radius 2 is 1.88 bits per heavy atom. The molecule has 0 aliphatic rings. The molecule has 2 nitrogen and oxygen atoms in total. The van der Waals surface area contributed by atoms with Gasteiger partial charge in [0.15, 0.2) is 0 Å². The van der Waals surface area contributed by atoms with E-state index >= 15 is 0 Å². The Hall–Kier alpha value is -1.79. The lowest BCUT2D eigenvalue weighted by atomic mass is 10.1. The van der Waals surface area contributed by atoms with Gasteiger partial charge in [-0.15, -0.1) is 0 Å². The van der Waals surface area contributed by atoms with Gasteiger partial charge >= 0.3 is 0 Å². The normalized spacial score (nSPS) is 9.71. The van der Waals surface area contributed by atoms with Crippen molar-refractivity contribution in [2.45, 2.75) is 6.92 Å². The molecular weight excluding hydrogens is 276 g/mol. The number of nitrogens with one attached hydrogen (secondary N) is 1. The van der Waals surface area contributed by atoms with Gasteiger partial charge in [0.1, 0.15) is 6.07 Å². The van der Waals surface area contributed by atoms with Gasteiger partial charge in [-0.3, -0.25) is 0 Å². The van der Waals surface area contributed by atoms with Gasteiger partial charge in [0.05, 0.1) is 11.3 Å². The fraction of sp³-hybridized carbons (Fsp3) is 0.0714. The quantitative estimate of drug-likeness (QED) is 0.890. The molecule has 0 heterocycles. The second kappa shape index (κ2) is 5.03. The largest absolute Gasteiger partial charge is 0.354 e. The zero-order chi connectivity index (χ0) is 12.3. The van der Waals surface area contributed by atoms with Crippen molar-refractivity contribution in [3.8, 4) is 6.07 Å². The first-order valence-electron chi connectivity index (χ1n) is 5.23. The van der Waals surface area contributed by atoms with Crippen LogP contribution in [-0.2, 0) is 0 Å². The van der Waals surface area contributed by atoms with Gasteiger partial charge in [0.25, 0.3) is 0 Å². The molecule has 0 unspecified atom stereocenters. The smallest absolute Gasteiger partial charge is 0.101 e. The number of hydrogen-bond acceptors (Lipinski definition) is 2. The van der Waals surface area contributed by atoms with E-state index in [0.717, 1.165) is 21.4 Å². The first kappa shape index (κ1) is 11.7.